The van der Waals surface area contributed by atoms with Gasteiger partial charge in [-0.1, -0.05) is 6.07 Å². The van der Waals surface area contributed by atoms with Gasteiger partial charge < -0.3 is 11.1 Å². The maximum absolute atomic E-state index is 13.5. The van der Waals surface area contributed by atoms with Crippen LogP contribution in [0.25, 0.3) is 0 Å². The number of hydrogen-bond donors (Lipinski definition) is 2. The minimum Gasteiger partial charge on any atom is -0.398 e. The van der Waals surface area contributed by atoms with Gasteiger partial charge in [-0.15, -0.1) is 0 Å². The number of nitrogen functional groups attached to an aromatic ring is 1. The van der Waals surface area contributed by atoms with Crippen molar-refractivity contribution in [2.45, 2.75) is 18.8 Å². The topological polar surface area (TPSA) is 38.0 Å². The lowest BCUT2D eigenvalue weighted by molar-refractivity contribution is 0.447. The van der Waals surface area contributed by atoms with Crippen LogP contribution in [0.15, 0.2) is 18.2 Å². The van der Waals surface area contributed by atoms with Crippen molar-refractivity contribution in [3.8, 4) is 0 Å². The molecule has 1 unspecified atom stereocenters. The van der Waals surface area contributed by atoms with Crippen molar-refractivity contribution in [3.05, 3.63) is 29.6 Å². The van der Waals surface area contributed by atoms with E-state index in [0.29, 0.717) is 11.3 Å². The second-order valence-electron chi connectivity index (χ2n) is 3.79. The van der Waals surface area contributed by atoms with Crippen LogP contribution in [0, 0.1) is 5.82 Å². The van der Waals surface area contributed by atoms with E-state index in [-0.39, 0.29) is 11.7 Å². The summed E-state index contributed by atoms with van der Waals surface area (Å²) in [5.41, 5.74) is 7.06. The van der Waals surface area contributed by atoms with E-state index < -0.39 is 0 Å². The summed E-state index contributed by atoms with van der Waals surface area (Å²) in [5.74, 6) is 0.0728. The molecule has 3 heteroatoms. The SMILES string of the molecule is Nc1cccc(F)c1C1CCCNC1. The number of nitrogens with one attached hydrogen (secondary N) is 1. The summed E-state index contributed by atoms with van der Waals surface area (Å²) in [6, 6.07) is 4.91. The third kappa shape index (κ3) is 1.73. The molecule has 0 bridgehead atoms. The first kappa shape index (κ1) is 9.46. The first-order chi connectivity index (χ1) is 6.79. The van der Waals surface area contributed by atoms with E-state index in [1.807, 2.05) is 0 Å². The van der Waals surface area contributed by atoms with Crippen molar-refractivity contribution < 1.29 is 4.39 Å². The molecule has 1 aliphatic rings. The molecule has 2 rings (SSSR count). The monoisotopic (exact) mass is 194 g/mol. The van der Waals surface area contributed by atoms with Gasteiger partial charge >= 0.3 is 0 Å². The van der Waals surface area contributed by atoms with Gasteiger partial charge in [0.1, 0.15) is 5.82 Å². The summed E-state index contributed by atoms with van der Waals surface area (Å²) in [5, 5.41) is 3.27. The van der Waals surface area contributed by atoms with E-state index in [1.165, 1.54) is 6.07 Å². The van der Waals surface area contributed by atoms with Gasteiger partial charge in [0, 0.05) is 23.7 Å². The lowest BCUT2D eigenvalue weighted by Crippen LogP contribution is -2.29. The third-order valence-corrected chi connectivity index (χ3v) is 2.79. The van der Waals surface area contributed by atoms with Crippen molar-refractivity contribution in [2.24, 2.45) is 0 Å². The molecule has 76 valence electrons. The lowest BCUT2D eigenvalue weighted by atomic mass is 9.90. The summed E-state index contributed by atoms with van der Waals surface area (Å²) in [7, 11) is 0. The van der Waals surface area contributed by atoms with Crippen LogP contribution in [-0.2, 0) is 0 Å². The van der Waals surface area contributed by atoms with E-state index in [0.717, 1.165) is 25.9 Å². The van der Waals surface area contributed by atoms with Crippen LogP contribution in [-0.4, -0.2) is 13.1 Å². The Bertz CT molecular complexity index is 299. The van der Waals surface area contributed by atoms with Crippen molar-refractivity contribution in [1.29, 1.82) is 0 Å². The summed E-state index contributed by atoms with van der Waals surface area (Å²) in [4.78, 5) is 0. The van der Waals surface area contributed by atoms with Crippen LogP contribution in [0.5, 0.6) is 0 Å². The van der Waals surface area contributed by atoms with Crippen molar-refractivity contribution in [3.63, 3.8) is 0 Å². The van der Waals surface area contributed by atoms with Crippen LogP contribution in [0.1, 0.15) is 24.3 Å². The zero-order valence-corrected chi connectivity index (χ0v) is 8.09. The summed E-state index contributed by atoms with van der Waals surface area (Å²) in [6.45, 7) is 1.87. The predicted octanol–water partition coefficient (Wildman–Crippen LogP) is 1.87. The molecule has 0 amide bonds. The Kier molecular flexibility index (Phi) is 2.68. The van der Waals surface area contributed by atoms with Gasteiger partial charge in [0.05, 0.1) is 0 Å². The number of hydrogen-bond acceptors (Lipinski definition) is 2. The third-order valence-electron chi connectivity index (χ3n) is 2.79. The summed E-state index contributed by atoms with van der Waals surface area (Å²) < 4.78 is 13.5. The van der Waals surface area contributed by atoms with Gasteiger partial charge in [-0.25, -0.2) is 4.39 Å². The molecule has 0 aromatic heterocycles. The summed E-state index contributed by atoms with van der Waals surface area (Å²) >= 11 is 0. The fourth-order valence-corrected chi connectivity index (χ4v) is 2.08. The molecule has 1 saturated heterocycles. The molecule has 1 atom stereocenters. The van der Waals surface area contributed by atoms with E-state index in [4.69, 9.17) is 5.73 Å². The fraction of sp³-hybridized carbons (Fsp3) is 0.455. The smallest absolute Gasteiger partial charge is 0.128 e. The van der Waals surface area contributed by atoms with Gasteiger partial charge in [0.25, 0.3) is 0 Å². The average molecular weight is 194 g/mol. The Morgan fingerprint density at radius 3 is 2.93 bits per heavy atom. The molecule has 0 spiro atoms. The van der Waals surface area contributed by atoms with Crippen LogP contribution in [0.3, 0.4) is 0 Å². The molecule has 1 fully saturated rings. The maximum Gasteiger partial charge on any atom is 0.128 e. The molecule has 1 aliphatic heterocycles. The highest BCUT2D eigenvalue weighted by Gasteiger charge is 2.20. The highest BCUT2D eigenvalue weighted by molar-refractivity contribution is 5.49. The first-order valence-corrected chi connectivity index (χ1v) is 5.03. The second kappa shape index (κ2) is 3.96. The van der Waals surface area contributed by atoms with Crippen LogP contribution >= 0.6 is 0 Å². The molecule has 1 aromatic carbocycles. The number of nitrogens with two attached hydrogens (primary N) is 1. The Balaban J connectivity index is 2.29. The van der Waals surface area contributed by atoms with Crippen molar-refractivity contribution in [2.75, 3.05) is 18.8 Å². The molecular weight excluding hydrogens is 179 g/mol. The normalized spacial score (nSPS) is 22.2. The van der Waals surface area contributed by atoms with Crippen molar-refractivity contribution >= 4 is 5.69 Å². The number of anilines is 1. The average Bonchev–Trinajstić information content (AvgIpc) is 2.19. The second-order valence-corrected chi connectivity index (χ2v) is 3.79. The highest BCUT2D eigenvalue weighted by Crippen LogP contribution is 2.29. The lowest BCUT2D eigenvalue weighted by Gasteiger charge is -2.24. The number of benzene rings is 1. The molecule has 0 saturated carbocycles. The highest BCUT2D eigenvalue weighted by atomic mass is 19.1. The molecular formula is C11H15FN2. The maximum atomic E-state index is 13.5. The number of rotatable bonds is 1. The van der Waals surface area contributed by atoms with Gasteiger partial charge in [0.2, 0.25) is 0 Å². The van der Waals surface area contributed by atoms with E-state index >= 15 is 0 Å². The molecule has 1 aromatic rings. The Labute approximate surface area is 83.3 Å². The Morgan fingerprint density at radius 2 is 2.29 bits per heavy atom. The number of halogens is 1. The minimum atomic E-state index is -0.168. The van der Waals surface area contributed by atoms with Gasteiger partial charge in [-0.05, 0) is 31.5 Å². The molecule has 3 N–H and O–H groups in total. The molecule has 14 heavy (non-hydrogen) atoms. The molecule has 0 aliphatic carbocycles. The quantitative estimate of drug-likeness (QED) is 0.670. The zero-order chi connectivity index (χ0) is 9.97. The minimum absolute atomic E-state index is 0.168. The Morgan fingerprint density at radius 1 is 1.43 bits per heavy atom. The standard InChI is InChI=1S/C11H15FN2/c12-9-4-1-5-10(13)11(9)8-3-2-6-14-7-8/h1,4-5,8,14H,2-3,6-7,13H2. The fourth-order valence-electron chi connectivity index (χ4n) is 2.08. The zero-order valence-electron chi connectivity index (χ0n) is 8.09. The molecule has 2 nitrogen and oxygen atoms in total. The van der Waals surface area contributed by atoms with E-state index in [1.54, 1.807) is 12.1 Å². The van der Waals surface area contributed by atoms with Gasteiger partial charge in [-0.3, -0.25) is 0 Å². The Hall–Kier alpha value is -1.09. The predicted molar refractivity (Wildman–Crippen MR) is 55.7 cm³/mol. The number of piperidine rings is 1. The summed E-state index contributed by atoms with van der Waals surface area (Å²) in [6.07, 6.45) is 2.12. The van der Waals surface area contributed by atoms with Gasteiger partial charge in [-0.2, -0.15) is 0 Å². The van der Waals surface area contributed by atoms with Gasteiger partial charge in [0.15, 0.2) is 0 Å². The van der Waals surface area contributed by atoms with Crippen LogP contribution in [0.4, 0.5) is 10.1 Å². The van der Waals surface area contributed by atoms with E-state index in [2.05, 4.69) is 5.32 Å². The molecule has 1 heterocycles. The van der Waals surface area contributed by atoms with Crippen molar-refractivity contribution in [1.82, 2.24) is 5.32 Å². The van der Waals surface area contributed by atoms with Crippen LogP contribution < -0.4 is 11.1 Å². The largest absolute Gasteiger partial charge is 0.398 e. The molecule has 0 radical (unpaired) electrons. The van der Waals surface area contributed by atoms with Crippen LogP contribution in [0.2, 0.25) is 0 Å². The first-order valence-electron chi connectivity index (χ1n) is 5.03. The van der Waals surface area contributed by atoms with E-state index in [9.17, 15) is 4.39 Å².